The van der Waals surface area contributed by atoms with Crippen molar-refractivity contribution in [3.8, 4) is 0 Å². The molecule has 2 heterocycles. The number of hydrogen-bond acceptors (Lipinski definition) is 3. The Balaban J connectivity index is 1.45. The standard InChI is InChI=1S/C14H19FN2O/c15-13-3-1-12(2-4-13)9-16-5-7-17(8-6-16)10-14-11-18-14/h1-4,14H,5-11H2. The van der Waals surface area contributed by atoms with Crippen LogP contribution in [-0.4, -0.2) is 55.2 Å². The molecule has 3 rings (SSSR count). The summed E-state index contributed by atoms with van der Waals surface area (Å²) in [6.45, 7) is 7.35. The largest absolute Gasteiger partial charge is 0.372 e. The number of piperazine rings is 1. The minimum atomic E-state index is -0.159. The Bertz CT molecular complexity index is 383. The van der Waals surface area contributed by atoms with E-state index in [9.17, 15) is 4.39 Å². The van der Waals surface area contributed by atoms with Gasteiger partial charge >= 0.3 is 0 Å². The second-order valence-electron chi connectivity index (χ2n) is 5.16. The van der Waals surface area contributed by atoms with E-state index in [1.165, 1.54) is 17.7 Å². The minimum absolute atomic E-state index is 0.159. The van der Waals surface area contributed by atoms with E-state index in [1.807, 2.05) is 12.1 Å². The van der Waals surface area contributed by atoms with Crippen molar-refractivity contribution < 1.29 is 9.13 Å². The number of ether oxygens (including phenoxy) is 1. The summed E-state index contributed by atoms with van der Waals surface area (Å²) in [4.78, 5) is 4.90. The summed E-state index contributed by atoms with van der Waals surface area (Å²) in [5.41, 5.74) is 1.19. The molecule has 2 saturated heterocycles. The Morgan fingerprint density at radius 3 is 2.28 bits per heavy atom. The lowest BCUT2D eigenvalue weighted by Gasteiger charge is -2.34. The Morgan fingerprint density at radius 1 is 1.06 bits per heavy atom. The Kier molecular flexibility index (Phi) is 3.59. The van der Waals surface area contributed by atoms with E-state index in [0.29, 0.717) is 6.10 Å². The van der Waals surface area contributed by atoms with Gasteiger partial charge in [0.15, 0.2) is 0 Å². The van der Waals surface area contributed by atoms with Crippen molar-refractivity contribution in [2.24, 2.45) is 0 Å². The zero-order valence-electron chi connectivity index (χ0n) is 10.5. The number of halogens is 1. The molecule has 18 heavy (non-hydrogen) atoms. The van der Waals surface area contributed by atoms with Crippen LogP contribution in [0, 0.1) is 5.82 Å². The molecule has 0 spiro atoms. The van der Waals surface area contributed by atoms with Crippen LogP contribution in [0.15, 0.2) is 24.3 Å². The Labute approximate surface area is 107 Å². The van der Waals surface area contributed by atoms with Crippen LogP contribution in [0.3, 0.4) is 0 Å². The summed E-state index contributed by atoms with van der Waals surface area (Å²) in [7, 11) is 0. The van der Waals surface area contributed by atoms with Crippen LogP contribution in [0.25, 0.3) is 0 Å². The van der Waals surface area contributed by atoms with Crippen molar-refractivity contribution >= 4 is 0 Å². The summed E-state index contributed by atoms with van der Waals surface area (Å²) in [6.07, 6.45) is 0.494. The summed E-state index contributed by atoms with van der Waals surface area (Å²) in [6, 6.07) is 6.82. The highest BCUT2D eigenvalue weighted by atomic mass is 19.1. The van der Waals surface area contributed by atoms with E-state index in [2.05, 4.69) is 9.80 Å². The van der Waals surface area contributed by atoms with E-state index in [0.717, 1.165) is 45.9 Å². The molecule has 4 heteroatoms. The summed E-state index contributed by atoms with van der Waals surface area (Å²) < 4.78 is 18.1. The molecule has 0 amide bonds. The van der Waals surface area contributed by atoms with Crippen molar-refractivity contribution in [2.45, 2.75) is 12.6 Å². The van der Waals surface area contributed by atoms with Gasteiger partial charge in [-0.15, -0.1) is 0 Å². The van der Waals surface area contributed by atoms with Gasteiger partial charge in [-0.1, -0.05) is 12.1 Å². The molecule has 0 aliphatic carbocycles. The maximum atomic E-state index is 12.8. The zero-order valence-corrected chi connectivity index (χ0v) is 10.5. The van der Waals surface area contributed by atoms with Gasteiger partial charge in [-0.2, -0.15) is 0 Å². The third-order valence-electron chi connectivity index (χ3n) is 3.65. The van der Waals surface area contributed by atoms with Gasteiger partial charge in [-0.3, -0.25) is 9.80 Å². The molecule has 2 aliphatic heterocycles. The van der Waals surface area contributed by atoms with Crippen LogP contribution in [0.1, 0.15) is 5.56 Å². The second-order valence-corrected chi connectivity index (χ2v) is 5.16. The highest BCUT2D eigenvalue weighted by Crippen LogP contribution is 2.14. The van der Waals surface area contributed by atoms with Gasteiger partial charge in [0.25, 0.3) is 0 Å². The summed E-state index contributed by atoms with van der Waals surface area (Å²) in [5.74, 6) is -0.159. The number of nitrogens with zero attached hydrogens (tertiary/aromatic N) is 2. The topological polar surface area (TPSA) is 19.0 Å². The average Bonchev–Trinajstić information content (AvgIpc) is 3.19. The Morgan fingerprint density at radius 2 is 1.67 bits per heavy atom. The molecular formula is C14H19FN2O. The van der Waals surface area contributed by atoms with Gasteiger partial charge in [0.2, 0.25) is 0 Å². The molecule has 2 aliphatic rings. The molecule has 0 N–H and O–H groups in total. The van der Waals surface area contributed by atoms with Gasteiger partial charge in [-0.05, 0) is 17.7 Å². The van der Waals surface area contributed by atoms with Crippen LogP contribution in [0.4, 0.5) is 4.39 Å². The van der Waals surface area contributed by atoms with Crippen LogP contribution in [0.5, 0.6) is 0 Å². The van der Waals surface area contributed by atoms with Crippen molar-refractivity contribution in [1.82, 2.24) is 9.80 Å². The van der Waals surface area contributed by atoms with Gasteiger partial charge < -0.3 is 4.74 Å². The number of benzene rings is 1. The second kappa shape index (κ2) is 5.34. The smallest absolute Gasteiger partial charge is 0.123 e. The molecule has 1 atom stereocenters. The van der Waals surface area contributed by atoms with Gasteiger partial charge in [0.05, 0.1) is 12.7 Å². The van der Waals surface area contributed by atoms with Crippen LogP contribution < -0.4 is 0 Å². The average molecular weight is 250 g/mol. The molecule has 3 nitrogen and oxygen atoms in total. The fraction of sp³-hybridized carbons (Fsp3) is 0.571. The van der Waals surface area contributed by atoms with E-state index in [1.54, 1.807) is 0 Å². The molecule has 1 aromatic rings. The van der Waals surface area contributed by atoms with Gasteiger partial charge in [0, 0.05) is 39.3 Å². The van der Waals surface area contributed by atoms with Crippen LogP contribution in [-0.2, 0) is 11.3 Å². The van der Waals surface area contributed by atoms with Crippen LogP contribution in [0.2, 0.25) is 0 Å². The van der Waals surface area contributed by atoms with Crippen molar-refractivity contribution in [2.75, 3.05) is 39.3 Å². The Hall–Kier alpha value is -0.970. The lowest BCUT2D eigenvalue weighted by atomic mass is 10.2. The fourth-order valence-electron chi connectivity index (χ4n) is 2.44. The van der Waals surface area contributed by atoms with Crippen molar-refractivity contribution in [3.05, 3.63) is 35.6 Å². The van der Waals surface area contributed by atoms with E-state index in [4.69, 9.17) is 4.74 Å². The zero-order chi connectivity index (χ0) is 12.4. The molecule has 2 fully saturated rings. The van der Waals surface area contributed by atoms with Crippen molar-refractivity contribution in [3.63, 3.8) is 0 Å². The van der Waals surface area contributed by atoms with Crippen molar-refractivity contribution in [1.29, 1.82) is 0 Å². The lowest BCUT2D eigenvalue weighted by Crippen LogP contribution is -2.46. The summed E-state index contributed by atoms with van der Waals surface area (Å²) in [5, 5.41) is 0. The number of epoxide rings is 1. The molecule has 0 radical (unpaired) electrons. The first-order valence-electron chi connectivity index (χ1n) is 6.60. The highest BCUT2D eigenvalue weighted by Gasteiger charge is 2.27. The maximum Gasteiger partial charge on any atom is 0.123 e. The predicted molar refractivity (Wildman–Crippen MR) is 67.9 cm³/mol. The maximum absolute atomic E-state index is 12.8. The minimum Gasteiger partial charge on any atom is -0.372 e. The third-order valence-corrected chi connectivity index (χ3v) is 3.65. The van der Waals surface area contributed by atoms with Gasteiger partial charge in [0.1, 0.15) is 5.82 Å². The monoisotopic (exact) mass is 250 g/mol. The number of rotatable bonds is 4. The third kappa shape index (κ3) is 3.28. The molecule has 1 aromatic carbocycles. The SMILES string of the molecule is Fc1ccc(CN2CCN(CC3CO3)CC2)cc1. The first kappa shape index (κ1) is 12.1. The molecule has 98 valence electrons. The quantitative estimate of drug-likeness (QED) is 0.752. The molecule has 0 saturated carbocycles. The lowest BCUT2D eigenvalue weighted by molar-refractivity contribution is 0.120. The molecule has 1 unspecified atom stereocenters. The van der Waals surface area contributed by atoms with E-state index in [-0.39, 0.29) is 5.82 Å². The fourth-order valence-corrected chi connectivity index (χ4v) is 2.44. The first-order chi connectivity index (χ1) is 8.79. The summed E-state index contributed by atoms with van der Waals surface area (Å²) >= 11 is 0. The number of hydrogen-bond donors (Lipinski definition) is 0. The first-order valence-corrected chi connectivity index (χ1v) is 6.60. The molecule has 0 aromatic heterocycles. The van der Waals surface area contributed by atoms with Crippen LogP contribution >= 0.6 is 0 Å². The normalized spacial score (nSPS) is 25.3. The highest BCUT2D eigenvalue weighted by molar-refractivity contribution is 5.15. The molecular weight excluding hydrogens is 231 g/mol. The predicted octanol–water partition coefficient (Wildman–Crippen LogP) is 1.34. The van der Waals surface area contributed by atoms with Gasteiger partial charge in [-0.25, -0.2) is 4.39 Å². The molecule has 0 bridgehead atoms. The van der Waals surface area contributed by atoms with E-state index < -0.39 is 0 Å². The van der Waals surface area contributed by atoms with E-state index >= 15 is 0 Å².